The van der Waals surface area contributed by atoms with Gasteiger partial charge in [-0.25, -0.2) is 0 Å². The molecule has 0 radical (unpaired) electrons. The smallest absolute Gasteiger partial charge is 0.319 e. The van der Waals surface area contributed by atoms with Crippen molar-refractivity contribution in [2.75, 3.05) is 32.8 Å². The van der Waals surface area contributed by atoms with Gasteiger partial charge in [0.05, 0.1) is 12.2 Å². The van der Waals surface area contributed by atoms with Crippen LogP contribution >= 0.6 is 24.0 Å². The maximum atomic E-state index is 12.9. The molecular weight excluding hydrogens is 731 g/mol. The molecule has 1 aromatic carbocycles. The lowest BCUT2D eigenvalue weighted by Crippen LogP contribution is -2.44. The summed E-state index contributed by atoms with van der Waals surface area (Å²) in [7, 11) is 0. The predicted octanol–water partition coefficient (Wildman–Crippen LogP) is 8.04. The highest BCUT2D eigenvalue weighted by Crippen LogP contribution is 2.26. The van der Waals surface area contributed by atoms with E-state index in [0.717, 1.165) is 71.2 Å². The van der Waals surface area contributed by atoms with Crippen LogP contribution in [0.5, 0.6) is 0 Å². The van der Waals surface area contributed by atoms with E-state index < -0.39 is 23.8 Å². The minimum Gasteiger partial charge on any atom is -0.463 e. The van der Waals surface area contributed by atoms with Crippen LogP contribution in [0, 0.1) is 17.3 Å². The van der Waals surface area contributed by atoms with E-state index in [1.807, 2.05) is 34.6 Å². The topological polar surface area (TPSA) is 99.5 Å². The highest BCUT2D eigenvalue weighted by Gasteiger charge is 2.38. The largest absolute Gasteiger partial charge is 0.463 e. The average molecular weight is 805 g/mol. The minimum atomic E-state index is -1.18. The predicted molar refractivity (Wildman–Crippen MR) is 212 cm³/mol. The van der Waals surface area contributed by atoms with Crippen LogP contribution < -0.4 is 0 Å². The van der Waals surface area contributed by atoms with E-state index in [9.17, 15) is 14.7 Å². The molecule has 0 aliphatic carbocycles. The molecule has 6 atom stereocenters. The Kier molecular flexibility index (Phi) is 25.2. The molecule has 49 heavy (non-hydrogen) atoms. The van der Waals surface area contributed by atoms with E-state index in [-0.39, 0.29) is 48.3 Å². The van der Waals surface area contributed by atoms with Gasteiger partial charge >= 0.3 is 5.97 Å². The molecule has 1 aromatic rings. The van der Waals surface area contributed by atoms with Crippen molar-refractivity contribution in [2.45, 2.75) is 158 Å². The van der Waals surface area contributed by atoms with Gasteiger partial charge in [-0.05, 0) is 102 Å². The normalized spacial score (nSPS) is 28.0. The number of nitrogens with zero attached hydrogens (tertiary/aromatic N) is 2. The molecule has 3 aliphatic heterocycles. The van der Waals surface area contributed by atoms with Crippen LogP contribution in [-0.2, 0) is 32.0 Å². The van der Waals surface area contributed by atoms with Gasteiger partial charge < -0.3 is 19.7 Å². The number of benzene rings is 1. The fraction of sp³-hybridized carbons (Fsp3) is 0.800. The number of halogens is 1. The lowest BCUT2D eigenvalue weighted by atomic mass is 9.85. The van der Waals surface area contributed by atoms with E-state index in [4.69, 9.17) is 14.6 Å². The molecule has 2 saturated heterocycles. The Bertz CT molecular complexity index is 1010. The molecule has 286 valence electrons. The number of hydrogen-bond donors (Lipinski definition) is 2. The molecule has 0 saturated carbocycles. The highest BCUT2D eigenvalue weighted by atomic mass is 127. The average Bonchev–Trinajstić information content (AvgIpc) is 3.06. The molecule has 0 bridgehead atoms. The number of aliphatic hydroxyl groups is 2. The molecule has 3 aliphatic rings. The molecular formula is C40H73IN2O6. The van der Waals surface area contributed by atoms with E-state index >= 15 is 0 Å². The molecule has 0 aromatic heterocycles. The Labute approximate surface area is 317 Å². The fourth-order valence-electron chi connectivity index (χ4n) is 6.90. The van der Waals surface area contributed by atoms with Crippen LogP contribution in [0.1, 0.15) is 132 Å². The van der Waals surface area contributed by atoms with E-state index in [0.29, 0.717) is 31.3 Å². The Balaban J connectivity index is 0.00000140. The van der Waals surface area contributed by atoms with Gasteiger partial charge in [-0.3, -0.25) is 19.4 Å². The maximum absolute atomic E-state index is 12.9. The standard InChI is InChI=1S/C29H46N2O4.C7H14O2.2C2H6.HI/c1-5-15-31-19-22(2)18-26(32)12-13-27(33)29(3,4)28(34)35-21-25(31)11-8-16-30-17-14-23-9-6-7-10-24(23)20-30;1-5-3-6(2)9-7(8)4-5;2*1-2;/h6-7,9-10,22,25-26,32H,5,8,11-21H2,1-4H3;5-8H,3-4H2,1-2H3;2*1-2H3;1H/t22-,25-,26+;5-,6+,7+;;;/m10.../s1. The third-order valence-corrected chi connectivity index (χ3v) is 9.52. The van der Waals surface area contributed by atoms with Crippen LogP contribution in [0.15, 0.2) is 24.3 Å². The fourth-order valence-corrected chi connectivity index (χ4v) is 6.90. The summed E-state index contributed by atoms with van der Waals surface area (Å²) < 4.78 is 10.9. The van der Waals surface area contributed by atoms with Gasteiger partial charge in [0.2, 0.25) is 0 Å². The number of ketones is 1. The number of ether oxygens (including phenoxy) is 2. The van der Waals surface area contributed by atoms with Crippen molar-refractivity contribution < 1.29 is 29.3 Å². The molecule has 8 nitrogen and oxygen atoms in total. The van der Waals surface area contributed by atoms with Crippen LogP contribution in [0.2, 0.25) is 0 Å². The SMILES string of the molecule is CC.CC.CCCN1C[C@H](C)C[C@@H](O)CCC(=O)C(C)(C)C(=O)OC[C@H]1CCCN1CCc2ccccc2C1.C[C@H]1C[C@@H](C)O[C@@H](O)C1.I. The van der Waals surface area contributed by atoms with Gasteiger partial charge in [0, 0.05) is 38.5 Å². The first-order valence-electron chi connectivity index (χ1n) is 19.1. The summed E-state index contributed by atoms with van der Waals surface area (Å²) in [4.78, 5) is 30.6. The van der Waals surface area contributed by atoms with Crippen LogP contribution in [-0.4, -0.2) is 89.1 Å². The molecule has 0 amide bonds. The molecule has 3 heterocycles. The minimum absolute atomic E-state index is 0. The number of carbonyl (C=O) groups excluding carboxylic acids is 2. The van der Waals surface area contributed by atoms with Gasteiger partial charge in [0.25, 0.3) is 0 Å². The van der Waals surface area contributed by atoms with Gasteiger partial charge in [0.15, 0.2) is 6.29 Å². The van der Waals surface area contributed by atoms with E-state index in [1.54, 1.807) is 13.8 Å². The first kappa shape index (κ1) is 47.9. The van der Waals surface area contributed by atoms with Gasteiger partial charge in [-0.2, -0.15) is 0 Å². The number of Topliss-reactive ketones (excluding diaryl/α,β-unsaturated/α-hetero) is 1. The molecule has 2 fully saturated rings. The summed E-state index contributed by atoms with van der Waals surface area (Å²) in [5.74, 6) is 0.320. The lowest BCUT2D eigenvalue weighted by molar-refractivity contribution is -0.169. The Morgan fingerprint density at radius 1 is 0.898 bits per heavy atom. The number of cyclic esters (lactones) is 1. The van der Waals surface area contributed by atoms with Crippen molar-refractivity contribution >= 4 is 35.7 Å². The zero-order valence-electron chi connectivity index (χ0n) is 32.7. The van der Waals surface area contributed by atoms with Crippen molar-refractivity contribution in [3.8, 4) is 0 Å². The summed E-state index contributed by atoms with van der Waals surface area (Å²) in [5.41, 5.74) is 1.72. The Morgan fingerprint density at radius 2 is 1.55 bits per heavy atom. The van der Waals surface area contributed by atoms with Crippen molar-refractivity contribution in [2.24, 2.45) is 17.3 Å². The first-order chi connectivity index (χ1) is 22.9. The zero-order valence-corrected chi connectivity index (χ0v) is 35.0. The Morgan fingerprint density at radius 3 is 2.16 bits per heavy atom. The first-order valence-corrected chi connectivity index (χ1v) is 19.1. The lowest BCUT2D eigenvalue weighted by Gasteiger charge is -2.35. The van der Waals surface area contributed by atoms with Gasteiger partial charge in [-0.15, -0.1) is 24.0 Å². The van der Waals surface area contributed by atoms with Crippen LogP contribution in [0.4, 0.5) is 0 Å². The van der Waals surface area contributed by atoms with Crippen molar-refractivity contribution in [3.05, 3.63) is 35.4 Å². The summed E-state index contributed by atoms with van der Waals surface area (Å²) in [6, 6.07) is 8.83. The van der Waals surface area contributed by atoms with Gasteiger partial charge in [-0.1, -0.05) is 72.7 Å². The second-order valence-electron chi connectivity index (χ2n) is 14.2. The number of hydrogen-bond acceptors (Lipinski definition) is 8. The summed E-state index contributed by atoms with van der Waals surface area (Å²) >= 11 is 0. The monoisotopic (exact) mass is 804 g/mol. The number of rotatable bonds is 6. The second kappa shape index (κ2) is 25.8. The van der Waals surface area contributed by atoms with E-state index in [1.165, 1.54) is 11.1 Å². The van der Waals surface area contributed by atoms with Crippen LogP contribution in [0.25, 0.3) is 0 Å². The maximum Gasteiger partial charge on any atom is 0.319 e. The summed E-state index contributed by atoms with van der Waals surface area (Å²) in [6.07, 6.45) is 6.45. The van der Waals surface area contributed by atoms with Crippen LogP contribution in [0.3, 0.4) is 0 Å². The van der Waals surface area contributed by atoms with E-state index in [2.05, 4.69) is 54.8 Å². The third kappa shape index (κ3) is 17.3. The summed E-state index contributed by atoms with van der Waals surface area (Å²) in [6.45, 7) is 25.0. The number of carbonyl (C=O) groups is 2. The highest BCUT2D eigenvalue weighted by molar-refractivity contribution is 14.0. The van der Waals surface area contributed by atoms with Gasteiger partial charge in [0.1, 0.15) is 17.8 Å². The summed E-state index contributed by atoms with van der Waals surface area (Å²) in [5, 5.41) is 19.6. The van der Waals surface area contributed by atoms with Crippen molar-refractivity contribution in [3.63, 3.8) is 0 Å². The molecule has 9 heteroatoms. The molecule has 0 spiro atoms. The number of aliphatic hydroxyl groups excluding tert-OH is 2. The quantitative estimate of drug-likeness (QED) is 0.170. The van der Waals surface area contributed by atoms with Crippen molar-refractivity contribution in [1.29, 1.82) is 0 Å². The Hall–Kier alpha value is -1.11. The van der Waals surface area contributed by atoms with Crippen molar-refractivity contribution in [1.82, 2.24) is 9.80 Å². The molecule has 2 N–H and O–H groups in total. The molecule has 4 rings (SSSR count). The third-order valence-electron chi connectivity index (χ3n) is 9.52. The number of esters is 1. The zero-order chi connectivity index (χ0) is 36.3. The second-order valence-corrected chi connectivity index (χ2v) is 14.2. The molecule has 0 unspecified atom stereocenters. The number of fused-ring (bicyclic) bond motifs is 1.